The Bertz CT molecular complexity index is 1430. The Morgan fingerprint density at radius 3 is 2.23 bits per heavy atom. The van der Waals surface area contributed by atoms with Crippen molar-refractivity contribution in [1.82, 2.24) is 20.4 Å². The van der Waals surface area contributed by atoms with Crippen LogP contribution in [-0.4, -0.2) is 67.7 Å². The van der Waals surface area contributed by atoms with E-state index in [1.165, 1.54) is 24.3 Å². The van der Waals surface area contributed by atoms with Crippen molar-refractivity contribution in [2.75, 3.05) is 19.6 Å². The number of nitro groups is 1. The summed E-state index contributed by atoms with van der Waals surface area (Å²) >= 11 is 0. The predicted molar refractivity (Wildman–Crippen MR) is 152 cm³/mol. The SMILES string of the molecule is O=C(NCCC1CCN(Cc2ccc(F)cc2)CC1)c1noc(/C=C/c2ccc([N+](=O)[O-])cc2)n1.O=C(O)/C=C/C(=O)O. The second-order valence-electron chi connectivity index (χ2n) is 9.54. The average molecular weight is 596 g/mol. The minimum atomic E-state index is -1.26. The van der Waals surface area contributed by atoms with Gasteiger partial charge in [-0.25, -0.2) is 14.0 Å². The molecule has 1 fully saturated rings. The molecule has 3 N–H and O–H groups in total. The van der Waals surface area contributed by atoms with Crippen LogP contribution in [0.5, 0.6) is 0 Å². The van der Waals surface area contributed by atoms with Crippen molar-refractivity contribution < 1.29 is 38.4 Å². The number of aliphatic carboxylic acids is 2. The van der Waals surface area contributed by atoms with Crippen LogP contribution in [0.25, 0.3) is 12.2 Å². The number of nitrogens with zero attached hydrogens (tertiary/aromatic N) is 4. The average Bonchev–Trinajstić information content (AvgIpc) is 3.47. The van der Waals surface area contributed by atoms with E-state index in [-0.39, 0.29) is 23.2 Å². The lowest BCUT2D eigenvalue weighted by Crippen LogP contribution is -2.35. The zero-order valence-electron chi connectivity index (χ0n) is 23.0. The first kappa shape index (κ1) is 32.3. The summed E-state index contributed by atoms with van der Waals surface area (Å²) in [6, 6.07) is 12.7. The third-order valence-corrected chi connectivity index (χ3v) is 6.40. The van der Waals surface area contributed by atoms with Crippen LogP contribution in [-0.2, 0) is 16.1 Å². The highest BCUT2D eigenvalue weighted by molar-refractivity contribution is 5.90. The Morgan fingerprint density at radius 1 is 1.02 bits per heavy atom. The van der Waals surface area contributed by atoms with Gasteiger partial charge in [-0.1, -0.05) is 17.3 Å². The maximum atomic E-state index is 13.1. The minimum Gasteiger partial charge on any atom is -0.478 e. The van der Waals surface area contributed by atoms with E-state index in [0.717, 1.165) is 50.0 Å². The fourth-order valence-electron chi connectivity index (χ4n) is 4.16. The lowest BCUT2D eigenvalue weighted by atomic mass is 9.93. The maximum Gasteiger partial charge on any atom is 0.328 e. The van der Waals surface area contributed by atoms with Gasteiger partial charge in [0, 0.05) is 43.5 Å². The number of carboxylic acid groups (broad SMARTS) is 2. The molecule has 0 unspecified atom stereocenters. The van der Waals surface area contributed by atoms with Crippen molar-refractivity contribution in [2.45, 2.75) is 25.8 Å². The molecule has 0 saturated carbocycles. The molecule has 4 rings (SSSR count). The van der Waals surface area contributed by atoms with E-state index in [0.29, 0.717) is 24.6 Å². The molecule has 2 heterocycles. The Labute approximate surface area is 245 Å². The number of hydrogen-bond donors (Lipinski definition) is 3. The van der Waals surface area contributed by atoms with Crippen LogP contribution in [0.1, 0.15) is 46.9 Å². The van der Waals surface area contributed by atoms with Gasteiger partial charge in [0.25, 0.3) is 23.3 Å². The third-order valence-electron chi connectivity index (χ3n) is 6.40. The highest BCUT2D eigenvalue weighted by Gasteiger charge is 2.20. The number of amides is 1. The molecule has 1 amide bonds. The summed E-state index contributed by atoms with van der Waals surface area (Å²) < 4.78 is 18.1. The van der Waals surface area contributed by atoms with Crippen LogP contribution < -0.4 is 5.32 Å². The third kappa shape index (κ3) is 11.6. The van der Waals surface area contributed by atoms with E-state index in [1.54, 1.807) is 24.3 Å². The fraction of sp³-hybridized carbons (Fsp3) is 0.276. The van der Waals surface area contributed by atoms with Crippen molar-refractivity contribution in [1.29, 1.82) is 0 Å². The molecule has 14 heteroatoms. The topological polar surface area (TPSA) is 189 Å². The number of nitrogens with one attached hydrogen (secondary N) is 1. The standard InChI is InChI=1S/C25H26FN5O4.C4H4O4/c26-21-6-1-20(2-7-21)17-30-15-12-19(13-16-30)11-14-27-25(32)24-28-23(35-29-24)10-5-18-3-8-22(9-4-18)31(33)34;5-3(6)1-2-4(7)8/h1-10,19H,11-17H2,(H,27,32);1-2H,(H,5,6)(H,7,8)/b10-5+;2-1+. The molecular weight excluding hydrogens is 565 g/mol. The van der Waals surface area contributed by atoms with Crippen molar-refractivity contribution >= 4 is 35.7 Å². The predicted octanol–water partition coefficient (Wildman–Crippen LogP) is 4.03. The van der Waals surface area contributed by atoms with Gasteiger partial charge < -0.3 is 20.1 Å². The molecule has 2 aromatic carbocycles. The fourth-order valence-corrected chi connectivity index (χ4v) is 4.16. The molecule has 0 aliphatic carbocycles. The van der Waals surface area contributed by atoms with E-state index in [9.17, 15) is 28.9 Å². The van der Waals surface area contributed by atoms with E-state index in [4.69, 9.17) is 14.7 Å². The Hall–Kier alpha value is -5.24. The molecule has 1 saturated heterocycles. The number of rotatable bonds is 11. The number of likely N-dealkylation sites (tertiary alicyclic amines) is 1. The van der Waals surface area contributed by atoms with Gasteiger partial charge in [-0.15, -0.1) is 0 Å². The van der Waals surface area contributed by atoms with E-state index in [1.807, 2.05) is 12.1 Å². The molecule has 0 bridgehead atoms. The molecule has 1 aromatic heterocycles. The number of aromatic nitrogens is 2. The second kappa shape index (κ2) is 16.3. The van der Waals surface area contributed by atoms with E-state index < -0.39 is 22.8 Å². The first-order valence-corrected chi connectivity index (χ1v) is 13.2. The number of non-ortho nitro benzene ring substituents is 1. The zero-order chi connectivity index (χ0) is 31.2. The largest absolute Gasteiger partial charge is 0.478 e. The van der Waals surface area contributed by atoms with E-state index in [2.05, 4.69) is 20.4 Å². The zero-order valence-corrected chi connectivity index (χ0v) is 23.0. The van der Waals surface area contributed by atoms with Crippen LogP contribution >= 0.6 is 0 Å². The number of piperidine rings is 1. The summed E-state index contributed by atoms with van der Waals surface area (Å²) in [5, 5.41) is 32.9. The monoisotopic (exact) mass is 595 g/mol. The summed E-state index contributed by atoms with van der Waals surface area (Å²) in [6.07, 6.45) is 7.31. The number of hydrogen-bond acceptors (Lipinski definition) is 9. The second-order valence-corrected chi connectivity index (χ2v) is 9.54. The van der Waals surface area contributed by atoms with Gasteiger partial charge in [0.2, 0.25) is 0 Å². The van der Waals surface area contributed by atoms with Gasteiger partial charge in [0.05, 0.1) is 4.92 Å². The van der Waals surface area contributed by atoms with Gasteiger partial charge in [-0.05, 0) is 79.7 Å². The van der Waals surface area contributed by atoms with Crippen molar-refractivity contribution in [3.05, 3.63) is 99.5 Å². The van der Waals surface area contributed by atoms with Gasteiger partial charge in [-0.2, -0.15) is 4.98 Å². The molecule has 226 valence electrons. The van der Waals surface area contributed by atoms with Gasteiger partial charge in [-0.3, -0.25) is 19.8 Å². The Balaban J connectivity index is 0.000000557. The quantitative estimate of drug-likeness (QED) is 0.165. The van der Waals surface area contributed by atoms with Crippen molar-refractivity contribution in [3.63, 3.8) is 0 Å². The molecule has 13 nitrogen and oxygen atoms in total. The first-order valence-electron chi connectivity index (χ1n) is 13.2. The van der Waals surface area contributed by atoms with Crippen LogP contribution in [0, 0.1) is 21.8 Å². The number of nitro benzene ring substituents is 1. The van der Waals surface area contributed by atoms with Gasteiger partial charge in [0.1, 0.15) is 5.82 Å². The molecule has 3 aromatic rings. The highest BCUT2D eigenvalue weighted by atomic mass is 19.1. The minimum absolute atomic E-state index is 0.00875. The summed E-state index contributed by atoms with van der Waals surface area (Å²) in [4.78, 5) is 48.1. The molecule has 1 aliphatic rings. The van der Waals surface area contributed by atoms with Gasteiger partial charge >= 0.3 is 11.9 Å². The lowest BCUT2D eigenvalue weighted by molar-refractivity contribution is -0.384. The number of carbonyl (C=O) groups is 3. The lowest BCUT2D eigenvalue weighted by Gasteiger charge is -2.32. The summed E-state index contributed by atoms with van der Waals surface area (Å²) in [7, 11) is 0. The number of halogens is 1. The van der Waals surface area contributed by atoms with Crippen LogP contribution in [0.2, 0.25) is 0 Å². The number of benzene rings is 2. The molecule has 43 heavy (non-hydrogen) atoms. The maximum absolute atomic E-state index is 13.1. The van der Waals surface area contributed by atoms with Crippen molar-refractivity contribution in [3.8, 4) is 0 Å². The van der Waals surface area contributed by atoms with E-state index >= 15 is 0 Å². The van der Waals surface area contributed by atoms with Crippen LogP contribution in [0.3, 0.4) is 0 Å². The van der Waals surface area contributed by atoms with Crippen molar-refractivity contribution in [2.24, 2.45) is 5.92 Å². The first-order chi connectivity index (χ1) is 20.6. The normalized spacial score (nSPS) is 13.9. The molecule has 0 spiro atoms. The highest BCUT2D eigenvalue weighted by Crippen LogP contribution is 2.21. The molecule has 0 atom stereocenters. The van der Waals surface area contributed by atoms with Crippen LogP contribution in [0.4, 0.5) is 10.1 Å². The summed E-state index contributed by atoms with van der Waals surface area (Å²) in [5.41, 5.74) is 1.84. The number of carbonyl (C=O) groups excluding carboxylic acids is 1. The summed E-state index contributed by atoms with van der Waals surface area (Å²) in [6.45, 7) is 3.31. The smallest absolute Gasteiger partial charge is 0.328 e. The van der Waals surface area contributed by atoms with Crippen LogP contribution in [0.15, 0.2) is 65.2 Å². The van der Waals surface area contributed by atoms with Gasteiger partial charge in [0.15, 0.2) is 0 Å². The number of carboxylic acids is 2. The molecular formula is C29H30FN5O8. The Morgan fingerprint density at radius 2 is 1.65 bits per heavy atom. The summed E-state index contributed by atoms with van der Waals surface area (Å²) in [5.74, 6) is -2.46. The molecule has 0 radical (unpaired) electrons. The molecule has 1 aliphatic heterocycles. The Kier molecular flexibility index (Phi) is 12.2.